The Hall–Kier alpha value is -3.47. The minimum Gasteiger partial charge on any atom is -0.354 e. The minimum absolute atomic E-state index is 0.105. The summed E-state index contributed by atoms with van der Waals surface area (Å²) in [6.07, 6.45) is 2.10. The molecule has 4 nitrogen and oxygen atoms in total. The van der Waals surface area contributed by atoms with Crippen molar-refractivity contribution in [2.75, 3.05) is 6.54 Å². The Labute approximate surface area is 201 Å². The van der Waals surface area contributed by atoms with Crippen LogP contribution in [0.3, 0.4) is 0 Å². The van der Waals surface area contributed by atoms with Crippen molar-refractivity contribution in [1.29, 1.82) is 0 Å². The Bertz CT molecular complexity index is 1070. The maximum absolute atomic E-state index is 14.3. The van der Waals surface area contributed by atoms with Gasteiger partial charge in [0.25, 0.3) is 0 Å². The number of hydrogen-bond acceptors (Lipinski definition) is 2. The molecule has 3 rings (SSSR count). The van der Waals surface area contributed by atoms with E-state index in [0.29, 0.717) is 18.5 Å². The third-order valence-electron chi connectivity index (χ3n) is 5.87. The molecule has 0 radical (unpaired) electrons. The molecule has 3 aromatic rings. The van der Waals surface area contributed by atoms with E-state index >= 15 is 0 Å². The summed E-state index contributed by atoms with van der Waals surface area (Å²) in [6.45, 7) is 4.90. The van der Waals surface area contributed by atoms with Crippen molar-refractivity contribution in [2.45, 2.75) is 52.1 Å². The molecule has 0 spiro atoms. The van der Waals surface area contributed by atoms with E-state index < -0.39 is 11.9 Å². The maximum Gasteiger partial charge on any atom is 0.243 e. The van der Waals surface area contributed by atoms with Crippen LogP contribution in [-0.4, -0.2) is 29.3 Å². The zero-order chi connectivity index (χ0) is 24.3. The topological polar surface area (TPSA) is 49.4 Å². The summed E-state index contributed by atoms with van der Waals surface area (Å²) < 4.78 is 14.3. The van der Waals surface area contributed by atoms with Crippen molar-refractivity contribution in [3.63, 3.8) is 0 Å². The number of carbonyl (C=O) groups excluding carboxylic acids is 2. The average Bonchev–Trinajstić information content (AvgIpc) is 2.84. The van der Waals surface area contributed by atoms with Gasteiger partial charge in [0.1, 0.15) is 11.9 Å². The molecule has 0 saturated carbocycles. The van der Waals surface area contributed by atoms with Crippen LogP contribution in [0.2, 0.25) is 0 Å². The highest BCUT2D eigenvalue weighted by Gasteiger charge is 2.30. The van der Waals surface area contributed by atoms with Crippen LogP contribution < -0.4 is 5.32 Å². The lowest BCUT2D eigenvalue weighted by atomic mass is 10.0. The highest BCUT2D eigenvalue weighted by Crippen LogP contribution is 2.18. The monoisotopic (exact) mass is 460 g/mol. The molecule has 0 aliphatic carbocycles. The second kappa shape index (κ2) is 12.7. The first kappa shape index (κ1) is 25.2. The maximum atomic E-state index is 14.3. The second-order valence-corrected chi connectivity index (χ2v) is 8.63. The molecule has 0 aliphatic heterocycles. The third kappa shape index (κ3) is 7.27. The molecule has 0 fully saturated rings. The molecule has 178 valence electrons. The Morgan fingerprint density at radius 1 is 0.912 bits per heavy atom. The van der Waals surface area contributed by atoms with E-state index in [1.165, 1.54) is 6.07 Å². The average molecular weight is 461 g/mol. The second-order valence-electron chi connectivity index (χ2n) is 8.63. The summed E-state index contributed by atoms with van der Waals surface area (Å²) in [5.41, 5.74) is 3.33. The summed E-state index contributed by atoms with van der Waals surface area (Å²) in [5, 5.41) is 3.00. The quantitative estimate of drug-likeness (QED) is 0.398. The summed E-state index contributed by atoms with van der Waals surface area (Å²) >= 11 is 0. The van der Waals surface area contributed by atoms with Crippen LogP contribution in [0.1, 0.15) is 42.0 Å². The van der Waals surface area contributed by atoms with Gasteiger partial charge in [-0.25, -0.2) is 4.39 Å². The van der Waals surface area contributed by atoms with E-state index in [1.807, 2.05) is 61.5 Å². The first-order valence-electron chi connectivity index (χ1n) is 11.9. The van der Waals surface area contributed by atoms with E-state index in [0.717, 1.165) is 29.5 Å². The number of aryl methyl sites for hydroxylation is 1. The lowest BCUT2D eigenvalue weighted by molar-refractivity contribution is -0.140. The van der Waals surface area contributed by atoms with E-state index in [-0.39, 0.29) is 24.8 Å². The van der Waals surface area contributed by atoms with Gasteiger partial charge in [0.15, 0.2) is 0 Å². The molecular weight excluding hydrogens is 427 g/mol. The van der Waals surface area contributed by atoms with Gasteiger partial charge >= 0.3 is 0 Å². The van der Waals surface area contributed by atoms with Gasteiger partial charge in [-0.2, -0.15) is 0 Å². The van der Waals surface area contributed by atoms with E-state index in [4.69, 9.17) is 0 Å². The molecule has 3 aromatic carbocycles. The van der Waals surface area contributed by atoms with Crippen LogP contribution in [0.4, 0.5) is 4.39 Å². The standard InChI is InChI=1S/C29H33FN2O2/c1-3-4-18-31-29(34)27(19-23-10-6-5-7-11-23)32(21-24-16-14-22(2)15-17-24)28(33)20-25-12-8-9-13-26(25)30/h5-17,27H,3-4,18-21H2,1-2H3,(H,31,34)/t27-/m0/s1. The number of nitrogens with one attached hydrogen (secondary N) is 1. The smallest absolute Gasteiger partial charge is 0.243 e. The highest BCUT2D eigenvalue weighted by atomic mass is 19.1. The number of unbranched alkanes of at least 4 members (excludes halogenated alkanes) is 1. The van der Waals surface area contributed by atoms with Crippen molar-refractivity contribution in [1.82, 2.24) is 10.2 Å². The van der Waals surface area contributed by atoms with Gasteiger partial charge in [-0.05, 0) is 36.1 Å². The van der Waals surface area contributed by atoms with Crippen LogP contribution in [0.15, 0.2) is 78.9 Å². The molecular formula is C29H33FN2O2. The molecule has 0 aromatic heterocycles. The third-order valence-corrected chi connectivity index (χ3v) is 5.87. The van der Waals surface area contributed by atoms with Crippen molar-refractivity contribution >= 4 is 11.8 Å². The predicted molar refractivity (Wildman–Crippen MR) is 134 cm³/mol. The lowest BCUT2D eigenvalue weighted by Gasteiger charge is -2.32. The first-order valence-corrected chi connectivity index (χ1v) is 11.9. The number of hydrogen-bond donors (Lipinski definition) is 1. The number of rotatable bonds is 11. The summed E-state index contributed by atoms with van der Waals surface area (Å²) in [4.78, 5) is 28.5. The molecule has 34 heavy (non-hydrogen) atoms. The van der Waals surface area contributed by atoms with Gasteiger partial charge in [0.2, 0.25) is 11.8 Å². The van der Waals surface area contributed by atoms with Crippen molar-refractivity contribution in [3.8, 4) is 0 Å². The highest BCUT2D eigenvalue weighted by molar-refractivity contribution is 5.88. The van der Waals surface area contributed by atoms with Crippen LogP contribution in [0.5, 0.6) is 0 Å². The summed E-state index contributed by atoms with van der Waals surface area (Å²) in [6, 6.07) is 23.2. The number of benzene rings is 3. The van der Waals surface area contributed by atoms with E-state index in [1.54, 1.807) is 23.1 Å². The zero-order valence-electron chi connectivity index (χ0n) is 20.0. The molecule has 0 heterocycles. The number of carbonyl (C=O) groups is 2. The summed E-state index contributed by atoms with van der Waals surface area (Å²) in [7, 11) is 0. The predicted octanol–water partition coefficient (Wildman–Crippen LogP) is 5.23. The molecule has 0 aliphatic rings. The molecule has 0 unspecified atom stereocenters. The Morgan fingerprint density at radius 2 is 1.59 bits per heavy atom. The van der Waals surface area contributed by atoms with Crippen LogP contribution in [0, 0.1) is 12.7 Å². The molecule has 5 heteroatoms. The summed E-state index contributed by atoms with van der Waals surface area (Å²) in [5.74, 6) is -0.887. The van der Waals surface area contributed by atoms with Crippen molar-refractivity contribution < 1.29 is 14.0 Å². The minimum atomic E-state index is -0.708. The zero-order valence-corrected chi connectivity index (χ0v) is 20.0. The molecule has 0 bridgehead atoms. The molecule has 2 amide bonds. The van der Waals surface area contributed by atoms with Crippen molar-refractivity contribution in [2.24, 2.45) is 0 Å². The number of amides is 2. The van der Waals surface area contributed by atoms with Crippen LogP contribution in [0.25, 0.3) is 0 Å². The first-order chi connectivity index (χ1) is 16.5. The van der Waals surface area contributed by atoms with Gasteiger partial charge in [0, 0.05) is 19.5 Å². The van der Waals surface area contributed by atoms with E-state index in [2.05, 4.69) is 12.2 Å². The largest absolute Gasteiger partial charge is 0.354 e. The van der Waals surface area contributed by atoms with Crippen LogP contribution in [-0.2, 0) is 29.0 Å². The SMILES string of the molecule is CCCCNC(=O)[C@H](Cc1ccccc1)N(Cc1ccc(C)cc1)C(=O)Cc1ccccc1F. The fourth-order valence-corrected chi connectivity index (χ4v) is 3.86. The van der Waals surface area contributed by atoms with Gasteiger partial charge in [-0.15, -0.1) is 0 Å². The Kier molecular flexibility index (Phi) is 9.39. The fourth-order valence-electron chi connectivity index (χ4n) is 3.86. The molecule has 1 atom stereocenters. The van der Waals surface area contributed by atoms with Gasteiger partial charge in [0.05, 0.1) is 6.42 Å². The Morgan fingerprint density at radius 3 is 2.26 bits per heavy atom. The lowest BCUT2D eigenvalue weighted by Crippen LogP contribution is -2.51. The number of halogens is 1. The number of nitrogens with zero attached hydrogens (tertiary/aromatic N) is 1. The Balaban J connectivity index is 1.94. The van der Waals surface area contributed by atoms with Gasteiger partial charge in [-0.3, -0.25) is 9.59 Å². The molecule has 0 saturated heterocycles. The van der Waals surface area contributed by atoms with Crippen molar-refractivity contribution in [3.05, 3.63) is 107 Å². The fraction of sp³-hybridized carbons (Fsp3) is 0.310. The van der Waals surface area contributed by atoms with Gasteiger partial charge in [-0.1, -0.05) is 91.7 Å². The molecule has 1 N–H and O–H groups in total. The van der Waals surface area contributed by atoms with Gasteiger partial charge < -0.3 is 10.2 Å². The normalized spacial score (nSPS) is 11.6. The van der Waals surface area contributed by atoms with Crippen LogP contribution >= 0.6 is 0 Å². The van der Waals surface area contributed by atoms with E-state index in [9.17, 15) is 14.0 Å².